The van der Waals surface area contributed by atoms with Gasteiger partial charge in [-0.05, 0) is 12.1 Å². The topological polar surface area (TPSA) is 53.9 Å². The van der Waals surface area contributed by atoms with Crippen LogP contribution in [0.3, 0.4) is 0 Å². The standard InChI is InChI=1S/C13H15N5/c1-18(10-3-2-5-14-7-10)13-11-8-15-6-4-12(11)16-9-17-13/h2-3,5,7,9,15H,4,6,8H2,1H3. The summed E-state index contributed by atoms with van der Waals surface area (Å²) in [4.78, 5) is 15.0. The van der Waals surface area contributed by atoms with E-state index in [0.29, 0.717) is 0 Å². The Labute approximate surface area is 106 Å². The average molecular weight is 241 g/mol. The summed E-state index contributed by atoms with van der Waals surface area (Å²) in [6.45, 7) is 1.82. The molecule has 1 aliphatic heterocycles. The SMILES string of the molecule is CN(c1cccnc1)c1ncnc2c1CNCC2. The van der Waals surface area contributed by atoms with E-state index in [9.17, 15) is 0 Å². The molecule has 0 saturated carbocycles. The number of pyridine rings is 1. The fraction of sp³-hybridized carbons (Fsp3) is 0.308. The maximum Gasteiger partial charge on any atom is 0.140 e. The van der Waals surface area contributed by atoms with Crippen LogP contribution in [0.25, 0.3) is 0 Å². The molecule has 0 spiro atoms. The van der Waals surface area contributed by atoms with E-state index in [2.05, 4.69) is 25.2 Å². The maximum absolute atomic E-state index is 4.42. The molecule has 0 fully saturated rings. The van der Waals surface area contributed by atoms with E-state index in [0.717, 1.165) is 36.7 Å². The Kier molecular flexibility index (Phi) is 2.90. The highest BCUT2D eigenvalue weighted by atomic mass is 15.2. The zero-order valence-electron chi connectivity index (χ0n) is 10.3. The molecule has 2 aromatic heterocycles. The van der Waals surface area contributed by atoms with Gasteiger partial charge in [0, 0.05) is 38.3 Å². The van der Waals surface area contributed by atoms with Crippen molar-refractivity contribution in [3.63, 3.8) is 0 Å². The molecule has 0 radical (unpaired) electrons. The number of fused-ring (bicyclic) bond motifs is 1. The molecule has 3 heterocycles. The van der Waals surface area contributed by atoms with E-state index in [1.54, 1.807) is 12.5 Å². The molecule has 0 aliphatic carbocycles. The molecule has 92 valence electrons. The molecule has 0 saturated heterocycles. The Morgan fingerprint density at radius 2 is 2.28 bits per heavy atom. The molecule has 5 nitrogen and oxygen atoms in total. The molecule has 0 aromatic carbocycles. The average Bonchev–Trinajstić information content (AvgIpc) is 2.47. The highest BCUT2D eigenvalue weighted by Gasteiger charge is 2.18. The normalized spacial score (nSPS) is 14.1. The minimum atomic E-state index is 0.829. The van der Waals surface area contributed by atoms with E-state index >= 15 is 0 Å². The van der Waals surface area contributed by atoms with Gasteiger partial charge >= 0.3 is 0 Å². The second-order valence-corrected chi connectivity index (χ2v) is 4.32. The zero-order valence-corrected chi connectivity index (χ0v) is 10.3. The predicted molar refractivity (Wildman–Crippen MR) is 69.7 cm³/mol. The molecule has 18 heavy (non-hydrogen) atoms. The summed E-state index contributed by atoms with van der Waals surface area (Å²) < 4.78 is 0. The third kappa shape index (κ3) is 1.93. The van der Waals surface area contributed by atoms with E-state index in [4.69, 9.17) is 0 Å². The lowest BCUT2D eigenvalue weighted by Gasteiger charge is -2.24. The number of anilines is 2. The van der Waals surface area contributed by atoms with Crippen molar-refractivity contribution in [3.05, 3.63) is 42.1 Å². The van der Waals surface area contributed by atoms with Crippen LogP contribution in [0, 0.1) is 0 Å². The number of nitrogens with one attached hydrogen (secondary N) is 1. The van der Waals surface area contributed by atoms with Crippen molar-refractivity contribution >= 4 is 11.5 Å². The second-order valence-electron chi connectivity index (χ2n) is 4.32. The summed E-state index contributed by atoms with van der Waals surface area (Å²) in [5.74, 6) is 0.959. The summed E-state index contributed by atoms with van der Waals surface area (Å²) in [5.41, 5.74) is 3.37. The maximum atomic E-state index is 4.42. The summed E-state index contributed by atoms with van der Waals surface area (Å²) in [6, 6.07) is 3.95. The van der Waals surface area contributed by atoms with Crippen molar-refractivity contribution in [1.82, 2.24) is 20.3 Å². The van der Waals surface area contributed by atoms with E-state index in [1.807, 2.05) is 25.4 Å². The molecule has 5 heteroatoms. The van der Waals surface area contributed by atoms with Gasteiger partial charge in [-0.2, -0.15) is 0 Å². The minimum Gasteiger partial charge on any atom is -0.328 e. The second kappa shape index (κ2) is 4.70. The van der Waals surface area contributed by atoms with Crippen molar-refractivity contribution in [2.75, 3.05) is 18.5 Å². The smallest absolute Gasteiger partial charge is 0.140 e. The first-order valence-corrected chi connectivity index (χ1v) is 6.03. The van der Waals surface area contributed by atoms with Crippen molar-refractivity contribution in [2.45, 2.75) is 13.0 Å². The molecule has 0 atom stereocenters. The van der Waals surface area contributed by atoms with E-state index < -0.39 is 0 Å². The van der Waals surface area contributed by atoms with Gasteiger partial charge < -0.3 is 10.2 Å². The molecule has 1 N–H and O–H groups in total. The van der Waals surface area contributed by atoms with Crippen LogP contribution >= 0.6 is 0 Å². The van der Waals surface area contributed by atoms with Crippen molar-refractivity contribution in [2.24, 2.45) is 0 Å². The Balaban J connectivity index is 2.02. The molecule has 0 amide bonds. The van der Waals surface area contributed by atoms with Crippen LogP contribution in [0.15, 0.2) is 30.9 Å². The number of aromatic nitrogens is 3. The molecular weight excluding hydrogens is 226 g/mol. The van der Waals surface area contributed by atoms with Gasteiger partial charge in [0.15, 0.2) is 0 Å². The number of hydrogen-bond donors (Lipinski definition) is 1. The largest absolute Gasteiger partial charge is 0.328 e. The lowest BCUT2D eigenvalue weighted by Crippen LogP contribution is -2.27. The van der Waals surface area contributed by atoms with Gasteiger partial charge in [0.05, 0.1) is 17.6 Å². The highest BCUT2D eigenvalue weighted by Crippen LogP contribution is 2.26. The van der Waals surface area contributed by atoms with Crippen LogP contribution in [0.4, 0.5) is 11.5 Å². The van der Waals surface area contributed by atoms with Crippen molar-refractivity contribution < 1.29 is 0 Å². The summed E-state index contributed by atoms with van der Waals surface area (Å²) in [6.07, 6.45) is 6.22. The molecule has 0 unspecified atom stereocenters. The first-order valence-electron chi connectivity index (χ1n) is 6.03. The van der Waals surface area contributed by atoms with Gasteiger partial charge in [-0.1, -0.05) is 0 Å². The van der Waals surface area contributed by atoms with Crippen LogP contribution in [-0.4, -0.2) is 28.5 Å². The third-order valence-electron chi connectivity index (χ3n) is 3.20. The Hall–Kier alpha value is -2.01. The summed E-state index contributed by atoms with van der Waals surface area (Å²) >= 11 is 0. The Bertz CT molecular complexity index is 540. The monoisotopic (exact) mass is 241 g/mol. The van der Waals surface area contributed by atoms with Gasteiger partial charge in [-0.25, -0.2) is 9.97 Å². The van der Waals surface area contributed by atoms with Crippen LogP contribution in [0.5, 0.6) is 0 Å². The molecular formula is C13H15N5. The van der Waals surface area contributed by atoms with Gasteiger partial charge in [-0.3, -0.25) is 4.98 Å². The quantitative estimate of drug-likeness (QED) is 0.858. The summed E-state index contributed by atoms with van der Waals surface area (Å²) in [7, 11) is 2.01. The highest BCUT2D eigenvalue weighted by molar-refractivity contribution is 5.61. The van der Waals surface area contributed by atoms with Crippen molar-refractivity contribution in [1.29, 1.82) is 0 Å². The minimum absolute atomic E-state index is 0.829. The molecule has 1 aliphatic rings. The Morgan fingerprint density at radius 3 is 3.11 bits per heavy atom. The van der Waals surface area contributed by atoms with Crippen LogP contribution < -0.4 is 10.2 Å². The van der Waals surface area contributed by atoms with Gasteiger partial charge in [-0.15, -0.1) is 0 Å². The first kappa shape index (κ1) is 11.1. The lowest BCUT2D eigenvalue weighted by atomic mass is 10.1. The predicted octanol–water partition coefficient (Wildman–Crippen LogP) is 1.29. The van der Waals surface area contributed by atoms with Gasteiger partial charge in [0.2, 0.25) is 0 Å². The summed E-state index contributed by atoms with van der Waals surface area (Å²) in [5, 5.41) is 3.37. The first-order chi connectivity index (χ1) is 8.86. The molecule has 0 bridgehead atoms. The lowest BCUT2D eigenvalue weighted by molar-refractivity contribution is 0.625. The van der Waals surface area contributed by atoms with Crippen molar-refractivity contribution in [3.8, 4) is 0 Å². The Morgan fingerprint density at radius 1 is 1.33 bits per heavy atom. The van der Waals surface area contributed by atoms with Gasteiger partial charge in [0.1, 0.15) is 12.1 Å². The van der Waals surface area contributed by atoms with Crippen LogP contribution in [0.1, 0.15) is 11.3 Å². The molecule has 3 rings (SSSR count). The molecule has 2 aromatic rings. The zero-order chi connectivity index (χ0) is 12.4. The van der Waals surface area contributed by atoms with Gasteiger partial charge in [0.25, 0.3) is 0 Å². The van der Waals surface area contributed by atoms with E-state index in [1.165, 1.54) is 5.56 Å². The van der Waals surface area contributed by atoms with Crippen LogP contribution in [0.2, 0.25) is 0 Å². The number of rotatable bonds is 2. The fourth-order valence-corrected chi connectivity index (χ4v) is 2.22. The third-order valence-corrected chi connectivity index (χ3v) is 3.20. The number of nitrogens with zero attached hydrogens (tertiary/aromatic N) is 4. The number of hydrogen-bond acceptors (Lipinski definition) is 5. The fourth-order valence-electron chi connectivity index (χ4n) is 2.22. The van der Waals surface area contributed by atoms with Crippen LogP contribution in [-0.2, 0) is 13.0 Å². The van der Waals surface area contributed by atoms with E-state index in [-0.39, 0.29) is 0 Å².